The molecule has 1 aliphatic carbocycles. The Labute approximate surface area is 97.6 Å². The van der Waals surface area contributed by atoms with Gasteiger partial charge in [-0.05, 0) is 30.4 Å². The van der Waals surface area contributed by atoms with E-state index in [1.807, 2.05) is 0 Å². The largest absolute Gasteiger partial charge is 0.416 e. The molecule has 0 unspecified atom stereocenters. The second-order valence-electron chi connectivity index (χ2n) is 4.46. The lowest BCUT2D eigenvalue weighted by Gasteiger charge is -2.21. The topological polar surface area (TPSA) is 17.1 Å². The zero-order valence-corrected chi connectivity index (χ0v) is 9.26. The molecule has 0 spiro atoms. The first-order chi connectivity index (χ1) is 7.97. The van der Waals surface area contributed by atoms with E-state index in [-0.39, 0.29) is 11.7 Å². The fraction of sp³-hybridized carbons (Fsp3) is 0.462. The summed E-state index contributed by atoms with van der Waals surface area (Å²) in [6, 6.07) is 5.33. The summed E-state index contributed by atoms with van der Waals surface area (Å²) in [5.41, 5.74) is 0.000831. The second-order valence-corrected chi connectivity index (χ2v) is 4.46. The molecule has 2 rings (SSSR count). The SMILES string of the molecule is O=C1CCC[C@@H](c2cccc(C(F)(F)F)c2)C1. The Kier molecular flexibility index (Phi) is 3.22. The lowest BCUT2D eigenvalue weighted by Crippen LogP contribution is -2.14. The molecule has 0 bridgehead atoms. The number of hydrogen-bond donors (Lipinski definition) is 0. The van der Waals surface area contributed by atoms with E-state index in [0.717, 1.165) is 18.9 Å². The van der Waals surface area contributed by atoms with Gasteiger partial charge < -0.3 is 0 Å². The van der Waals surface area contributed by atoms with Gasteiger partial charge >= 0.3 is 6.18 Å². The van der Waals surface area contributed by atoms with Crippen molar-refractivity contribution in [2.75, 3.05) is 0 Å². The summed E-state index contributed by atoms with van der Waals surface area (Å²) >= 11 is 0. The summed E-state index contributed by atoms with van der Waals surface area (Å²) in [5, 5.41) is 0. The minimum absolute atomic E-state index is 0.0430. The highest BCUT2D eigenvalue weighted by Gasteiger charge is 2.31. The van der Waals surface area contributed by atoms with Crippen LogP contribution in [0, 0.1) is 0 Å². The van der Waals surface area contributed by atoms with Crippen LogP contribution in [-0.2, 0) is 11.0 Å². The quantitative estimate of drug-likeness (QED) is 0.729. The minimum atomic E-state index is -4.31. The number of halogens is 3. The monoisotopic (exact) mass is 242 g/mol. The van der Waals surface area contributed by atoms with Crippen LogP contribution in [0.1, 0.15) is 42.7 Å². The van der Waals surface area contributed by atoms with Crippen LogP contribution < -0.4 is 0 Å². The van der Waals surface area contributed by atoms with Crippen LogP contribution in [0.15, 0.2) is 24.3 Å². The number of carbonyl (C=O) groups is 1. The van der Waals surface area contributed by atoms with Gasteiger partial charge in [0.25, 0.3) is 0 Å². The predicted octanol–water partition coefficient (Wildman–Crippen LogP) is 3.93. The van der Waals surface area contributed by atoms with Gasteiger partial charge in [0.1, 0.15) is 5.78 Å². The van der Waals surface area contributed by atoms with Crippen LogP contribution in [-0.4, -0.2) is 5.78 Å². The summed E-state index contributed by atoms with van der Waals surface area (Å²) in [4.78, 5) is 11.3. The molecule has 0 N–H and O–H groups in total. The van der Waals surface area contributed by atoms with Crippen LogP contribution in [0.5, 0.6) is 0 Å². The molecule has 1 aromatic rings. The standard InChI is InChI=1S/C13H13F3O/c14-13(15,16)11-5-1-3-9(7-11)10-4-2-6-12(17)8-10/h1,3,5,7,10H,2,4,6,8H2/t10-/m1/s1. The van der Waals surface area contributed by atoms with Gasteiger partial charge in [0, 0.05) is 12.8 Å². The van der Waals surface area contributed by atoms with E-state index in [9.17, 15) is 18.0 Å². The molecule has 0 radical (unpaired) electrons. The summed E-state index contributed by atoms with van der Waals surface area (Å²) in [6.07, 6.45) is -1.79. The third-order valence-electron chi connectivity index (χ3n) is 3.17. The van der Waals surface area contributed by atoms with Crippen LogP contribution >= 0.6 is 0 Å². The van der Waals surface area contributed by atoms with E-state index in [1.54, 1.807) is 6.07 Å². The number of ketones is 1. The van der Waals surface area contributed by atoms with Crippen molar-refractivity contribution in [3.63, 3.8) is 0 Å². The van der Waals surface area contributed by atoms with Crippen molar-refractivity contribution in [3.05, 3.63) is 35.4 Å². The van der Waals surface area contributed by atoms with Crippen molar-refractivity contribution >= 4 is 5.78 Å². The molecule has 92 valence electrons. The molecular formula is C13H13F3O. The fourth-order valence-corrected chi connectivity index (χ4v) is 2.28. The van der Waals surface area contributed by atoms with E-state index in [0.29, 0.717) is 18.4 Å². The molecule has 17 heavy (non-hydrogen) atoms. The van der Waals surface area contributed by atoms with Gasteiger partial charge in [0.15, 0.2) is 0 Å². The molecule has 1 aliphatic rings. The number of hydrogen-bond acceptors (Lipinski definition) is 1. The molecule has 0 aliphatic heterocycles. The highest BCUT2D eigenvalue weighted by molar-refractivity contribution is 5.80. The molecule has 0 aromatic heterocycles. The van der Waals surface area contributed by atoms with Crippen LogP contribution in [0.4, 0.5) is 13.2 Å². The normalized spacial score (nSPS) is 21.6. The molecular weight excluding hydrogens is 229 g/mol. The average molecular weight is 242 g/mol. The van der Waals surface area contributed by atoms with Crippen molar-refractivity contribution in [2.45, 2.75) is 37.8 Å². The second kappa shape index (κ2) is 4.51. The summed E-state index contributed by atoms with van der Waals surface area (Å²) in [6.45, 7) is 0. The van der Waals surface area contributed by atoms with Crippen molar-refractivity contribution in [1.82, 2.24) is 0 Å². The Morgan fingerprint density at radius 2 is 2.00 bits per heavy atom. The van der Waals surface area contributed by atoms with Crippen molar-refractivity contribution in [3.8, 4) is 0 Å². The van der Waals surface area contributed by atoms with Crippen LogP contribution in [0.2, 0.25) is 0 Å². The fourth-order valence-electron chi connectivity index (χ4n) is 2.28. The Bertz CT molecular complexity index is 423. The highest BCUT2D eigenvalue weighted by Crippen LogP contribution is 2.35. The minimum Gasteiger partial charge on any atom is -0.300 e. The van der Waals surface area contributed by atoms with Gasteiger partial charge in [-0.3, -0.25) is 4.79 Å². The molecule has 0 amide bonds. The summed E-state index contributed by atoms with van der Waals surface area (Å²) in [5.74, 6) is 0.109. The van der Waals surface area contributed by atoms with Crippen molar-refractivity contribution in [1.29, 1.82) is 0 Å². The van der Waals surface area contributed by atoms with E-state index >= 15 is 0 Å². The van der Waals surface area contributed by atoms with Gasteiger partial charge in [-0.25, -0.2) is 0 Å². The molecule has 1 aromatic carbocycles. The number of rotatable bonds is 1. The molecule has 1 fully saturated rings. The molecule has 0 saturated heterocycles. The first-order valence-corrected chi connectivity index (χ1v) is 5.65. The molecule has 1 saturated carbocycles. The van der Waals surface area contributed by atoms with Crippen LogP contribution in [0.25, 0.3) is 0 Å². The maximum atomic E-state index is 12.5. The molecule has 0 heterocycles. The van der Waals surface area contributed by atoms with Gasteiger partial charge in [-0.1, -0.05) is 18.2 Å². The molecule has 4 heteroatoms. The first-order valence-electron chi connectivity index (χ1n) is 5.65. The Hall–Kier alpha value is -1.32. The molecule has 1 atom stereocenters. The number of Topliss-reactive ketones (excluding diaryl/α,β-unsaturated/α-hetero) is 1. The smallest absolute Gasteiger partial charge is 0.300 e. The lowest BCUT2D eigenvalue weighted by molar-refractivity contribution is -0.137. The van der Waals surface area contributed by atoms with Gasteiger partial charge in [-0.15, -0.1) is 0 Å². The maximum absolute atomic E-state index is 12.5. The number of carbonyl (C=O) groups excluding carboxylic acids is 1. The summed E-state index contributed by atoms with van der Waals surface area (Å²) in [7, 11) is 0. The Balaban J connectivity index is 2.24. The summed E-state index contributed by atoms with van der Waals surface area (Å²) < 4.78 is 37.6. The highest BCUT2D eigenvalue weighted by atomic mass is 19.4. The number of benzene rings is 1. The molecule has 1 nitrogen and oxygen atoms in total. The first kappa shape index (κ1) is 12.1. The van der Waals surface area contributed by atoms with E-state index < -0.39 is 11.7 Å². The Morgan fingerprint density at radius 3 is 2.65 bits per heavy atom. The predicted molar refractivity (Wildman–Crippen MR) is 57.7 cm³/mol. The van der Waals surface area contributed by atoms with E-state index in [4.69, 9.17) is 0 Å². The number of alkyl halides is 3. The Morgan fingerprint density at radius 1 is 1.24 bits per heavy atom. The third-order valence-corrected chi connectivity index (χ3v) is 3.17. The zero-order valence-electron chi connectivity index (χ0n) is 9.26. The van der Waals surface area contributed by atoms with Gasteiger partial charge in [0.2, 0.25) is 0 Å². The average Bonchev–Trinajstić information content (AvgIpc) is 2.28. The van der Waals surface area contributed by atoms with Crippen LogP contribution in [0.3, 0.4) is 0 Å². The van der Waals surface area contributed by atoms with E-state index in [2.05, 4.69) is 0 Å². The van der Waals surface area contributed by atoms with E-state index in [1.165, 1.54) is 12.1 Å². The zero-order chi connectivity index (χ0) is 12.5. The lowest BCUT2D eigenvalue weighted by atomic mass is 9.83. The third kappa shape index (κ3) is 2.87. The maximum Gasteiger partial charge on any atom is 0.416 e. The van der Waals surface area contributed by atoms with Crippen molar-refractivity contribution < 1.29 is 18.0 Å². The van der Waals surface area contributed by atoms with Gasteiger partial charge in [-0.2, -0.15) is 13.2 Å². The van der Waals surface area contributed by atoms with Gasteiger partial charge in [0.05, 0.1) is 5.56 Å². The van der Waals surface area contributed by atoms with Crippen molar-refractivity contribution in [2.24, 2.45) is 0 Å².